The Hall–Kier alpha value is -1.57. The predicted molar refractivity (Wildman–Crippen MR) is 63.1 cm³/mol. The molecule has 2 heteroatoms. The first kappa shape index (κ1) is 13.4. The van der Waals surface area contributed by atoms with Crippen molar-refractivity contribution in [2.45, 2.75) is 26.2 Å². The smallest absolute Gasteiger partial charge is 0.162 e. The number of hydrogen-bond acceptors (Lipinski definition) is 2. The molecule has 0 unspecified atom stereocenters. The van der Waals surface area contributed by atoms with Gasteiger partial charge in [-0.2, -0.15) is 0 Å². The molecule has 0 saturated carbocycles. The van der Waals surface area contributed by atoms with Crippen molar-refractivity contribution in [1.82, 2.24) is 0 Å². The van der Waals surface area contributed by atoms with Crippen LogP contribution in [-0.4, -0.2) is 10.9 Å². The second-order valence-electron chi connectivity index (χ2n) is 3.08. The van der Waals surface area contributed by atoms with Crippen molar-refractivity contribution in [3.8, 4) is 0 Å². The van der Waals surface area contributed by atoms with Crippen molar-refractivity contribution in [3.05, 3.63) is 48.7 Å². The van der Waals surface area contributed by atoms with Gasteiger partial charge >= 0.3 is 0 Å². The molecule has 0 radical (unpaired) electrons. The summed E-state index contributed by atoms with van der Waals surface area (Å²) in [5.74, 6) is 0.262. The first-order valence-electron chi connectivity index (χ1n) is 5.09. The zero-order valence-corrected chi connectivity index (χ0v) is 9.15. The van der Waals surface area contributed by atoms with E-state index in [2.05, 4.69) is 13.5 Å². The van der Waals surface area contributed by atoms with Gasteiger partial charge in [0.25, 0.3) is 0 Å². The molecule has 0 atom stereocenters. The summed E-state index contributed by atoms with van der Waals surface area (Å²) < 4.78 is 0. The third-order valence-electron chi connectivity index (χ3n) is 1.85. The minimum atomic E-state index is 0.262. The average Bonchev–Trinajstić information content (AvgIpc) is 2.28. The van der Waals surface area contributed by atoms with Crippen LogP contribution < -0.4 is 0 Å². The largest absolute Gasteiger partial charge is 0.516 e. The number of rotatable bonds is 4. The standard InChI is InChI=1S/C11H14O.C2H4O/c1-2-3-9-11(12)10-7-5-4-6-8-10;1-2-3/h4-8H,2-3,9H2,1H3;2-3H,1H2. The summed E-state index contributed by atoms with van der Waals surface area (Å²) >= 11 is 0. The lowest BCUT2D eigenvalue weighted by Crippen LogP contribution is -1.97. The van der Waals surface area contributed by atoms with E-state index in [0.717, 1.165) is 24.7 Å². The summed E-state index contributed by atoms with van der Waals surface area (Å²) in [6.45, 7) is 5.01. The number of aliphatic hydroxyl groups excluding tert-OH is 1. The van der Waals surface area contributed by atoms with Gasteiger partial charge in [0.2, 0.25) is 0 Å². The van der Waals surface area contributed by atoms with Crippen LogP contribution in [0.5, 0.6) is 0 Å². The van der Waals surface area contributed by atoms with Gasteiger partial charge in [0.1, 0.15) is 0 Å². The molecule has 0 aromatic heterocycles. The minimum Gasteiger partial charge on any atom is -0.516 e. The molecule has 82 valence electrons. The SMILES string of the molecule is C=CO.CCCCC(=O)c1ccccc1. The van der Waals surface area contributed by atoms with Crippen LogP contribution >= 0.6 is 0 Å². The molecule has 1 N–H and O–H groups in total. The van der Waals surface area contributed by atoms with E-state index in [1.165, 1.54) is 0 Å². The Labute approximate surface area is 91.3 Å². The highest BCUT2D eigenvalue weighted by Crippen LogP contribution is 2.05. The molecule has 0 aliphatic heterocycles. The topological polar surface area (TPSA) is 37.3 Å². The normalized spacial score (nSPS) is 8.60. The fourth-order valence-electron chi connectivity index (χ4n) is 1.11. The zero-order valence-electron chi connectivity index (χ0n) is 9.15. The molecule has 1 aromatic rings. The highest BCUT2D eigenvalue weighted by Gasteiger charge is 2.02. The summed E-state index contributed by atoms with van der Waals surface area (Å²) in [4.78, 5) is 11.4. The number of Topliss-reactive ketones (excluding diaryl/α,β-unsaturated/α-hetero) is 1. The van der Waals surface area contributed by atoms with Gasteiger partial charge in [0.15, 0.2) is 5.78 Å². The van der Waals surface area contributed by atoms with Gasteiger partial charge in [-0.05, 0) is 6.42 Å². The van der Waals surface area contributed by atoms with Crippen LogP contribution in [0.3, 0.4) is 0 Å². The van der Waals surface area contributed by atoms with Crippen molar-refractivity contribution in [3.63, 3.8) is 0 Å². The van der Waals surface area contributed by atoms with Crippen molar-refractivity contribution in [2.75, 3.05) is 0 Å². The molecule has 15 heavy (non-hydrogen) atoms. The zero-order chi connectivity index (χ0) is 11.5. The van der Waals surface area contributed by atoms with Crippen LogP contribution in [0.2, 0.25) is 0 Å². The highest BCUT2D eigenvalue weighted by molar-refractivity contribution is 5.95. The fourth-order valence-corrected chi connectivity index (χ4v) is 1.11. The molecule has 2 nitrogen and oxygen atoms in total. The second kappa shape index (κ2) is 9.00. The maximum absolute atomic E-state index is 11.4. The molecular weight excluding hydrogens is 188 g/mol. The van der Waals surface area contributed by atoms with E-state index >= 15 is 0 Å². The minimum absolute atomic E-state index is 0.262. The number of benzene rings is 1. The number of ketones is 1. The summed E-state index contributed by atoms with van der Waals surface area (Å²) in [5.41, 5.74) is 0.839. The van der Waals surface area contributed by atoms with Crippen LogP contribution in [0.4, 0.5) is 0 Å². The molecule has 0 aliphatic carbocycles. The lowest BCUT2D eigenvalue weighted by Gasteiger charge is -1.97. The third kappa shape index (κ3) is 6.49. The first-order chi connectivity index (χ1) is 7.26. The van der Waals surface area contributed by atoms with Crippen molar-refractivity contribution in [1.29, 1.82) is 0 Å². The molecule has 1 rings (SSSR count). The van der Waals surface area contributed by atoms with E-state index < -0.39 is 0 Å². The Balaban J connectivity index is 0.000000583. The maximum Gasteiger partial charge on any atom is 0.162 e. The molecular formula is C13H18O2. The average molecular weight is 206 g/mol. The Kier molecular flexibility index (Phi) is 8.06. The molecule has 0 bridgehead atoms. The van der Waals surface area contributed by atoms with Crippen LogP contribution in [0.1, 0.15) is 36.5 Å². The van der Waals surface area contributed by atoms with Gasteiger partial charge in [-0.1, -0.05) is 50.3 Å². The van der Waals surface area contributed by atoms with Gasteiger partial charge in [-0.25, -0.2) is 0 Å². The highest BCUT2D eigenvalue weighted by atomic mass is 16.2. The van der Waals surface area contributed by atoms with E-state index in [1.807, 2.05) is 30.3 Å². The van der Waals surface area contributed by atoms with Crippen molar-refractivity contribution >= 4 is 5.78 Å². The second-order valence-corrected chi connectivity index (χ2v) is 3.08. The number of aliphatic hydroxyl groups is 1. The molecule has 0 heterocycles. The molecule has 0 fully saturated rings. The van der Waals surface area contributed by atoms with E-state index in [-0.39, 0.29) is 5.78 Å². The molecule has 0 amide bonds. The Morgan fingerprint density at radius 3 is 2.40 bits per heavy atom. The third-order valence-corrected chi connectivity index (χ3v) is 1.85. The lowest BCUT2D eigenvalue weighted by molar-refractivity contribution is 0.0980. The van der Waals surface area contributed by atoms with Crippen LogP contribution in [0, 0.1) is 0 Å². The van der Waals surface area contributed by atoms with E-state index in [4.69, 9.17) is 5.11 Å². The maximum atomic E-state index is 11.4. The quantitative estimate of drug-likeness (QED) is 0.601. The summed E-state index contributed by atoms with van der Waals surface area (Å²) in [6, 6.07) is 9.48. The van der Waals surface area contributed by atoms with Gasteiger partial charge in [-0.3, -0.25) is 4.79 Å². The van der Waals surface area contributed by atoms with Gasteiger partial charge in [-0.15, -0.1) is 0 Å². The van der Waals surface area contributed by atoms with E-state index in [1.54, 1.807) is 0 Å². The van der Waals surface area contributed by atoms with Crippen LogP contribution in [0.25, 0.3) is 0 Å². The number of carbonyl (C=O) groups excluding carboxylic acids is 1. The lowest BCUT2D eigenvalue weighted by atomic mass is 10.1. The Morgan fingerprint density at radius 2 is 1.93 bits per heavy atom. The predicted octanol–water partition coefficient (Wildman–Crippen LogP) is 3.75. The summed E-state index contributed by atoms with van der Waals surface area (Å²) in [7, 11) is 0. The van der Waals surface area contributed by atoms with Crippen LogP contribution in [-0.2, 0) is 0 Å². The van der Waals surface area contributed by atoms with E-state index in [9.17, 15) is 4.79 Å². The van der Waals surface area contributed by atoms with Crippen molar-refractivity contribution < 1.29 is 9.90 Å². The van der Waals surface area contributed by atoms with E-state index in [0.29, 0.717) is 6.42 Å². The summed E-state index contributed by atoms with van der Waals surface area (Å²) in [5, 5.41) is 7.33. The van der Waals surface area contributed by atoms with Gasteiger partial charge in [0, 0.05) is 12.0 Å². The molecule has 0 aliphatic rings. The number of hydrogen-bond donors (Lipinski definition) is 1. The molecule has 0 saturated heterocycles. The summed E-state index contributed by atoms with van der Waals surface area (Å²) in [6.07, 6.45) is 3.51. The Bertz CT molecular complexity index is 278. The van der Waals surface area contributed by atoms with Crippen LogP contribution in [0.15, 0.2) is 43.2 Å². The monoisotopic (exact) mass is 206 g/mol. The van der Waals surface area contributed by atoms with Gasteiger partial charge < -0.3 is 5.11 Å². The van der Waals surface area contributed by atoms with Gasteiger partial charge in [0.05, 0.1) is 6.26 Å². The molecule has 0 spiro atoms. The number of unbranched alkanes of at least 4 members (excludes halogenated alkanes) is 1. The number of carbonyl (C=O) groups is 1. The Morgan fingerprint density at radius 1 is 1.40 bits per heavy atom. The fraction of sp³-hybridized carbons (Fsp3) is 0.308. The van der Waals surface area contributed by atoms with Crippen molar-refractivity contribution in [2.24, 2.45) is 0 Å². The molecule has 1 aromatic carbocycles. The first-order valence-corrected chi connectivity index (χ1v) is 5.09.